The van der Waals surface area contributed by atoms with Crippen LogP contribution in [0.2, 0.25) is 0 Å². The summed E-state index contributed by atoms with van der Waals surface area (Å²) in [5.74, 6) is 0.942. The summed E-state index contributed by atoms with van der Waals surface area (Å²) in [7, 11) is 0. The van der Waals surface area contributed by atoms with Gasteiger partial charge in [0.2, 0.25) is 0 Å². The normalized spacial score (nSPS) is 12.2. The smallest absolute Gasteiger partial charge is 0.119 e. The summed E-state index contributed by atoms with van der Waals surface area (Å²) in [5, 5.41) is 0. The lowest BCUT2D eigenvalue weighted by molar-refractivity contribution is 0.223. The third kappa shape index (κ3) is 5.47. The number of likely N-dealkylation sites (N-methyl/N-ethyl adjacent to an activating group) is 1. The van der Waals surface area contributed by atoms with Crippen LogP contribution in [-0.4, -0.2) is 31.1 Å². The Kier molecular flexibility index (Phi) is 7.75. The van der Waals surface area contributed by atoms with E-state index in [0.717, 1.165) is 38.4 Å². The van der Waals surface area contributed by atoms with Crippen LogP contribution in [-0.2, 0) is 0 Å². The monoisotopic (exact) mass is 337 g/mol. The Bertz CT molecular complexity index is 654. The van der Waals surface area contributed by atoms with Crippen molar-refractivity contribution in [3.63, 3.8) is 0 Å². The van der Waals surface area contributed by atoms with Gasteiger partial charge >= 0.3 is 0 Å². The maximum absolute atomic E-state index is 5.91. The van der Waals surface area contributed by atoms with Crippen LogP contribution in [0.25, 0.3) is 5.57 Å². The van der Waals surface area contributed by atoms with Gasteiger partial charge < -0.3 is 9.64 Å². The summed E-state index contributed by atoms with van der Waals surface area (Å²) in [6.45, 7) is 12.6. The van der Waals surface area contributed by atoms with Gasteiger partial charge in [0.15, 0.2) is 0 Å². The van der Waals surface area contributed by atoms with Crippen LogP contribution in [0.3, 0.4) is 0 Å². The molecule has 134 valence electrons. The fourth-order valence-corrected chi connectivity index (χ4v) is 2.99. The first kappa shape index (κ1) is 19.3. The van der Waals surface area contributed by atoms with Crippen molar-refractivity contribution in [3.05, 3.63) is 71.3 Å². The second-order valence-electron chi connectivity index (χ2n) is 6.27. The lowest BCUT2D eigenvalue weighted by atomic mass is 9.92. The molecule has 0 atom stereocenters. The molecular formula is C23H31NO. The Morgan fingerprint density at radius 1 is 0.840 bits per heavy atom. The largest absolute Gasteiger partial charge is 0.492 e. The predicted octanol–water partition coefficient (Wildman–Crippen LogP) is 5.64. The maximum Gasteiger partial charge on any atom is 0.119 e. The topological polar surface area (TPSA) is 12.5 Å². The molecule has 25 heavy (non-hydrogen) atoms. The molecule has 0 amide bonds. The number of nitrogens with zero attached hydrogens (tertiary/aromatic N) is 1. The summed E-state index contributed by atoms with van der Waals surface area (Å²) in [5.41, 5.74) is 5.26. The van der Waals surface area contributed by atoms with Gasteiger partial charge in [0, 0.05) is 6.54 Å². The summed E-state index contributed by atoms with van der Waals surface area (Å²) in [4.78, 5) is 2.37. The summed E-state index contributed by atoms with van der Waals surface area (Å²) in [6.07, 6.45) is 1.05. The lowest BCUT2D eigenvalue weighted by Gasteiger charge is -2.18. The molecule has 2 aromatic rings. The second-order valence-corrected chi connectivity index (χ2v) is 6.27. The van der Waals surface area contributed by atoms with E-state index in [2.05, 4.69) is 87.2 Å². The minimum Gasteiger partial charge on any atom is -0.492 e. The van der Waals surface area contributed by atoms with Gasteiger partial charge in [-0.3, -0.25) is 0 Å². The van der Waals surface area contributed by atoms with Crippen molar-refractivity contribution in [2.45, 2.75) is 34.1 Å². The van der Waals surface area contributed by atoms with Gasteiger partial charge in [0.25, 0.3) is 0 Å². The molecule has 2 aromatic carbocycles. The van der Waals surface area contributed by atoms with Crippen molar-refractivity contribution in [2.75, 3.05) is 26.2 Å². The molecule has 0 N–H and O–H groups in total. The van der Waals surface area contributed by atoms with E-state index in [-0.39, 0.29) is 0 Å². The first-order chi connectivity index (χ1) is 12.2. The van der Waals surface area contributed by atoms with Crippen LogP contribution >= 0.6 is 0 Å². The highest BCUT2D eigenvalue weighted by Crippen LogP contribution is 2.29. The standard InChI is InChI=1S/C23H31NO/c1-5-19(4)23(20-11-9-8-10-12-20)21-13-15-22(16-14-21)25-18-17-24(6-2)7-3/h8-16H,5-7,17-18H2,1-4H3/b23-19-. The number of hydrogen-bond acceptors (Lipinski definition) is 2. The fourth-order valence-electron chi connectivity index (χ4n) is 2.99. The van der Waals surface area contributed by atoms with Gasteiger partial charge in [0.05, 0.1) is 0 Å². The number of benzene rings is 2. The van der Waals surface area contributed by atoms with Gasteiger partial charge in [-0.1, -0.05) is 68.8 Å². The van der Waals surface area contributed by atoms with Crippen molar-refractivity contribution < 1.29 is 4.74 Å². The maximum atomic E-state index is 5.91. The van der Waals surface area contributed by atoms with Gasteiger partial charge in [-0.15, -0.1) is 0 Å². The molecular weight excluding hydrogens is 306 g/mol. The SMILES string of the molecule is CC/C(C)=C(/c1ccccc1)c1ccc(OCCN(CC)CC)cc1. The number of allylic oxidation sites excluding steroid dienone is 1. The summed E-state index contributed by atoms with van der Waals surface area (Å²) >= 11 is 0. The molecule has 0 saturated heterocycles. The Balaban J connectivity index is 2.12. The van der Waals surface area contributed by atoms with Crippen LogP contribution in [0.4, 0.5) is 0 Å². The Morgan fingerprint density at radius 3 is 2.00 bits per heavy atom. The van der Waals surface area contributed by atoms with Crippen LogP contribution < -0.4 is 4.74 Å². The molecule has 2 nitrogen and oxygen atoms in total. The Hall–Kier alpha value is -2.06. The van der Waals surface area contributed by atoms with E-state index < -0.39 is 0 Å². The van der Waals surface area contributed by atoms with Gasteiger partial charge in [-0.05, 0) is 55.3 Å². The molecule has 0 aliphatic rings. The van der Waals surface area contributed by atoms with Crippen LogP contribution in [0.15, 0.2) is 60.2 Å². The molecule has 0 heterocycles. The molecule has 0 bridgehead atoms. The highest BCUT2D eigenvalue weighted by atomic mass is 16.5. The van der Waals surface area contributed by atoms with Crippen molar-refractivity contribution >= 4 is 5.57 Å². The molecule has 0 radical (unpaired) electrons. The zero-order chi connectivity index (χ0) is 18.1. The Labute approximate surface area is 153 Å². The molecule has 0 fully saturated rings. The average Bonchev–Trinajstić information content (AvgIpc) is 2.67. The number of ether oxygens (including phenoxy) is 1. The molecule has 0 unspecified atom stereocenters. The third-order valence-corrected chi connectivity index (χ3v) is 4.73. The zero-order valence-corrected chi connectivity index (χ0v) is 16.1. The van der Waals surface area contributed by atoms with E-state index in [0.29, 0.717) is 0 Å². The number of rotatable bonds is 9. The van der Waals surface area contributed by atoms with Gasteiger partial charge in [-0.2, -0.15) is 0 Å². The van der Waals surface area contributed by atoms with Crippen LogP contribution in [0.5, 0.6) is 5.75 Å². The quantitative estimate of drug-likeness (QED) is 0.587. The Morgan fingerprint density at radius 2 is 1.44 bits per heavy atom. The lowest BCUT2D eigenvalue weighted by Crippen LogP contribution is -2.27. The van der Waals surface area contributed by atoms with Crippen LogP contribution in [0.1, 0.15) is 45.2 Å². The third-order valence-electron chi connectivity index (χ3n) is 4.73. The van der Waals surface area contributed by atoms with Gasteiger partial charge in [-0.25, -0.2) is 0 Å². The predicted molar refractivity (Wildman–Crippen MR) is 108 cm³/mol. The first-order valence-corrected chi connectivity index (χ1v) is 9.40. The summed E-state index contributed by atoms with van der Waals surface area (Å²) < 4.78 is 5.91. The second kappa shape index (κ2) is 10.0. The van der Waals surface area contributed by atoms with Crippen molar-refractivity contribution in [1.82, 2.24) is 4.90 Å². The molecule has 0 aliphatic carbocycles. The van der Waals surface area contributed by atoms with Crippen molar-refractivity contribution in [3.8, 4) is 5.75 Å². The molecule has 0 saturated carbocycles. The van der Waals surface area contributed by atoms with E-state index in [1.54, 1.807) is 0 Å². The minimum atomic E-state index is 0.733. The fraction of sp³-hybridized carbons (Fsp3) is 0.391. The van der Waals surface area contributed by atoms with E-state index in [4.69, 9.17) is 4.74 Å². The molecule has 0 aliphatic heterocycles. The van der Waals surface area contributed by atoms with Crippen LogP contribution in [0, 0.1) is 0 Å². The van der Waals surface area contributed by atoms with E-state index in [1.165, 1.54) is 22.3 Å². The molecule has 2 heteroatoms. The van der Waals surface area contributed by atoms with E-state index >= 15 is 0 Å². The summed E-state index contributed by atoms with van der Waals surface area (Å²) in [6, 6.07) is 19.2. The van der Waals surface area contributed by atoms with Gasteiger partial charge in [0.1, 0.15) is 12.4 Å². The first-order valence-electron chi connectivity index (χ1n) is 9.40. The van der Waals surface area contributed by atoms with E-state index in [9.17, 15) is 0 Å². The minimum absolute atomic E-state index is 0.733. The molecule has 2 rings (SSSR count). The van der Waals surface area contributed by atoms with E-state index in [1.807, 2.05) is 0 Å². The average molecular weight is 338 g/mol. The zero-order valence-electron chi connectivity index (χ0n) is 16.1. The molecule has 0 aromatic heterocycles. The highest BCUT2D eigenvalue weighted by Gasteiger charge is 2.08. The number of hydrogen-bond donors (Lipinski definition) is 0. The molecule has 0 spiro atoms. The highest BCUT2D eigenvalue weighted by molar-refractivity contribution is 5.82. The van der Waals surface area contributed by atoms with Crippen molar-refractivity contribution in [1.29, 1.82) is 0 Å². The van der Waals surface area contributed by atoms with Crippen molar-refractivity contribution in [2.24, 2.45) is 0 Å².